The van der Waals surface area contributed by atoms with Crippen LogP contribution in [0.2, 0.25) is 0 Å². The van der Waals surface area contributed by atoms with E-state index in [1.807, 2.05) is 31.2 Å². The summed E-state index contributed by atoms with van der Waals surface area (Å²) in [5.41, 5.74) is 1.21. The summed E-state index contributed by atoms with van der Waals surface area (Å²) in [6, 6.07) is 12.8. The number of halogens is 1. The van der Waals surface area contributed by atoms with E-state index < -0.39 is 11.7 Å². The predicted molar refractivity (Wildman–Crippen MR) is 99.5 cm³/mol. The van der Waals surface area contributed by atoms with E-state index in [0.29, 0.717) is 5.56 Å². The number of carbonyl (C=O) groups is 2. The van der Waals surface area contributed by atoms with Gasteiger partial charge in [0.05, 0.1) is 22.8 Å². The van der Waals surface area contributed by atoms with Crippen molar-refractivity contribution in [1.29, 1.82) is 0 Å². The Labute approximate surface area is 154 Å². The number of likely N-dealkylation sites (N-methyl/N-ethyl adjacent to an activating group) is 1. The second kappa shape index (κ2) is 7.61. The molecule has 0 aliphatic carbocycles. The summed E-state index contributed by atoms with van der Waals surface area (Å²) >= 11 is 1.55. The third kappa shape index (κ3) is 3.88. The summed E-state index contributed by atoms with van der Waals surface area (Å²) in [6.07, 6.45) is 0. The number of benzene rings is 2. The highest BCUT2D eigenvalue weighted by Crippen LogP contribution is 2.28. The molecule has 0 fully saturated rings. The molecule has 0 unspecified atom stereocenters. The molecule has 0 radical (unpaired) electrons. The number of nitrogens with one attached hydrogen (secondary N) is 1. The number of nitrogens with zero attached hydrogens (tertiary/aromatic N) is 2. The molecule has 1 aromatic heterocycles. The number of aromatic nitrogens is 1. The molecule has 1 N–H and O–H groups in total. The van der Waals surface area contributed by atoms with Gasteiger partial charge in [-0.15, -0.1) is 11.3 Å². The Bertz CT molecular complexity index is 906. The van der Waals surface area contributed by atoms with Gasteiger partial charge in [-0.25, -0.2) is 9.37 Å². The van der Waals surface area contributed by atoms with E-state index in [1.54, 1.807) is 23.3 Å². The third-order valence-electron chi connectivity index (χ3n) is 4.15. The third-order valence-corrected chi connectivity index (χ3v) is 5.36. The highest BCUT2D eigenvalue weighted by atomic mass is 32.1. The Morgan fingerprint density at radius 1 is 1.19 bits per heavy atom. The zero-order valence-electron chi connectivity index (χ0n) is 14.4. The van der Waals surface area contributed by atoms with Crippen LogP contribution in [0.1, 0.15) is 28.3 Å². The Hall–Kier alpha value is -2.80. The fourth-order valence-corrected chi connectivity index (χ4v) is 3.50. The minimum atomic E-state index is -0.417. The zero-order valence-corrected chi connectivity index (χ0v) is 15.2. The number of amides is 2. The first kappa shape index (κ1) is 18.0. The van der Waals surface area contributed by atoms with E-state index in [-0.39, 0.29) is 18.5 Å². The minimum Gasteiger partial charge on any atom is -0.343 e. The van der Waals surface area contributed by atoms with Crippen LogP contribution in [0.3, 0.4) is 0 Å². The lowest BCUT2D eigenvalue weighted by molar-refractivity contribution is -0.130. The maximum absolute atomic E-state index is 12.9. The first-order valence-corrected chi connectivity index (χ1v) is 8.92. The van der Waals surface area contributed by atoms with E-state index in [2.05, 4.69) is 10.3 Å². The number of hydrogen-bond donors (Lipinski definition) is 1. The van der Waals surface area contributed by atoms with Crippen LogP contribution in [0.4, 0.5) is 4.39 Å². The van der Waals surface area contributed by atoms with Crippen molar-refractivity contribution >= 4 is 33.4 Å². The average molecular weight is 371 g/mol. The lowest BCUT2D eigenvalue weighted by Crippen LogP contribution is -2.39. The molecule has 2 aromatic carbocycles. The van der Waals surface area contributed by atoms with Crippen molar-refractivity contribution in [3.8, 4) is 0 Å². The molecule has 26 heavy (non-hydrogen) atoms. The number of carbonyl (C=O) groups excluding carboxylic acids is 2. The van der Waals surface area contributed by atoms with E-state index >= 15 is 0 Å². The smallest absolute Gasteiger partial charge is 0.251 e. The van der Waals surface area contributed by atoms with Gasteiger partial charge in [0.25, 0.3) is 5.91 Å². The molecule has 5 nitrogen and oxygen atoms in total. The van der Waals surface area contributed by atoms with Gasteiger partial charge in [0.2, 0.25) is 5.91 Å². The monoisotopic (exact) mass is 371 g/mol. The molecular formula is C19H18FN3O2S. The molecule has 7 heteroatoms. The molecule has 0 aliphatic heterocycles. The summed E-state index contributed by atoms with van der Waals surface area (Å²) in [6.45, 7) is 1.76. The highest BCUT2D eigenvalue weighted by Gasteiger charge is 2.21. The van der Waals surface area contributed by atoms with E-state index in [0.717, 1.165) is 15.2 Å². The van der Waals surface area contributed by atoms with Crippen molar-refractivity contribution in [1.82, 2.24) is 15.2 Å². The first-order valence-electron chi connectivity index (χ1n) is 8.10. The lowest BCUT2D eigenvalue weighted by Gasteiger charge is -2.23. The number of rotatable bonds is 5. The Balaban J connectivity index is 1.61. The Kier molecular flexibility index (Phi) is 5.27. The van der Waals surface area contributed by atoms with Gasteiger partial charge in [-0.2, -0.15) is 0 Å². The Morgan fingerprint density at radius 3 is 2.58 bits per heavy atom. The average Bonchev–Trinajstić information content (AvgIpc) is 3.09. The highest BCUT2D eigenvalue weighted by molar-refractivity contribution is 7.18. The number of para-hydroxylation sites is 1. The van der Waals surface area contributed by atoms with Gasteiger partial charge in [0.15, 0.2) is 0 Å². The van der Waals surface area contributed by atoms with Crippen LogP contribution in [0, 0.1) is 5.82 Å². The zero-order chi connectivity index (χ0) is 18.7. The molecule has 2 amide bonds. The number of fused-ring (bicyclic) bond motifs is 1. The second-order valence-corrected chi connectivity index (χ2v) is 6.95. The number of thiazole rings is 1. The van der Waals surface area contributed by atoms with Gasteiger partial charge >= 0.3 is 0 Å². The maximum Gasteiger partial charge on any atom is 0.251 e. The van der Waals surface area contributed by atoms with Crippen LogP contribution in [-0.4, -0.2) is 35.3 Å². The fraction of sp³-hybridized carbons (Fsp3) is 0.211. The van der Waals surface area contributed by atoms with Gasteiger partial charge in [-0.05, 0) is 43.3 Å². The van der Waals surface area contributed by atoms with Crippen LogP contribution in [0.25, 0.3) is 10.2 Å². The molecule has 1 atom stereocenters. The fourth-order valence-electron chi connectivity index (χ4n) is 2.43. The molecule has 0 spiro atoms. The van der Waals surface area contributed by atoms with E-state index in [4.69, 9.17) is 0 Å². The molecule has 1 heterocycles. The van der Waals surface area contributed by atoms with Gasteiger partial charge in [-0.3, -0.25) is 9.59 Å². The van der Waals surface area contributed by atoms with Crippen LogP contribution in [0.15, 0.2) is 48.5 Å². The Morgan fingerprint density at radius 2 is 1.88 bits per heavy atom. The van der Waals surface area contributed by atoms with Crippen molar-refractivity contribution < 1.29 is 14.0 Å². The van der Waals surface area contributed by atoms with Crippen LogP contribution in [0.5, 0.6) is 0 Å². The van der Waals surface area contributed by atoms with Gasteiger partial charge in [0.1, 0.15) is 10.8 Å². The van der Waals surface area contributed by atoms with Gasteiger partial charge in [0, 0.05) is 12.6 Å². The SMILES string of the molecule is C[C@H](c1nc2ccccc2s1)N(C)C(=O)CNC(=O)c1ccc(F)cc1. The molecule has 0 saturated heterocycles. The maximum atomic E-state index is 12.9. The summed E-state index contributed by atoms with van der Waals surface area (Å²) < 4.78 is 14.0. The van der Waals surface area contributed by atoms with Gasteiger partial charge in [-0.1, -0.05) is 12.1 Å². The van der Waals surface area contributed by atoms with Crippen molar-refractivity contribution in [2.24, 2.45) is 0 Å². The van der Waals surface area contributed by atoms with Crippen LogP contribution in [-0.2, 0) is 4.79 Å². The molecule has 0 aliphatic rings. The quantitative estimate of drug-likeness (QED) is 0.748. The van der Waals surface area contributed by atoms with Crippen LogP contribution >= 0.6 is 11.3 Å². The summed E-state index contributed by atoms with van der Waals surface area (Å²) in [7, 11) is 1.68. The van der Waals surface area contributed by atoms with Crippen molar-refractivity contribution in [3.63, 3.8) is 0 Å². The largest absolute Gasteiger partial charge is 0.343 e. The molecule has 0 bridgehead atoms. The van der Waals surface area contributed by atoms with Crippen molar-refractivity contribution in [2.45, 2.75) is 13.0 Å². The van der Waals surface area contributed by atoms with Crippen LogP contribution < -0.4 is 5.32 Å². The molecule has 134 valence electrons. The molecule has 3 rings (SSSR count). The van der Waals surface area contributed by atoms with E-state index in [1.165, 1.54) is 24.3 Å². The first-order chi connectivity index (χ1) is 12.5. The van der Waals surface area contributed by atoms with Gasteiger partial charge < -0.3 is 10.2 Å². The molecule has 0 saturated carbocycles. The van der Waals surface area contributed by atoms with E-state index in [9.17, 15) is 14.0 Å². The summed E-state index contributed by atoms with van der Waals surface area (Å²) in [5.74, 6) is -1.06. The number of hydrogen-bond acceptors (Lipinski definition) is 4. The second-order valence-electron chi connectivity index (χ2n) is 5.89. The normalized spacial score (nSPS) is 12.0. The summed E-state index contributed by atoms with van der Waals surface area (Å²) in [4.78, 5) is 30.5. The van der Waals surface area contributed by atoms with Crippen molar-refractivity contribution in [3.05, 3.63) is 64.9 Å². The summed E-state index contributed by atoms with van der Waals surface area (Å²) in [5, 5.41) is 3.40. The topological polar surface area (TPSA) is 62.3 Å². The standard InChI is InChI=1S/C19H18FN3O2S/c1-12(19-22-15-5-3-4-6-16(15)26-19)23(2)17(24)11-21-18(25)13-7-9-14(20)10-8-13/h3-10,12H,11H2,1-2H3,(H,21,25)/t12-/m1/s1. The lowest BCUT2D eigenvalue weighted by atomic mass is 10.2. The molecule has 3 aromatic rings. The predicted octanol–water partition coefficient (Wildman–Crippen LogP) is 3.38. The molecular weight excluding hydrogens is 353 g/mol. The van der Waals surface area contributed by atoms with Crippen molar-refractivity contribution in [2.75, 3.05) is 13.6 Å². The minimum absolute atomic E-state index is 0.137.